The fraction of sp³-hybridized carbons (Fsp3) is 0.429. The molecule has 1 amide bonds. The zero-order valence-corrected chi connectivity index (χ0v) is 11.7. The van der Waals surface area contributed by atoms with Crippen molar-refractivity contribution in [3.05, 3.63) is 28.1 Å². The highest BCUT2D eigenvalue weighted by molar-refractivity contribution is 7.16. The van der Waals surface area contributed by atoms with Crippen LogP contribution in [0.15, 0.2) is 17.1 Å². The van der Waals surface area contributed by atoms with Crippen LogP contribution >= 0.6 is 11.3 Å². The molecular formula is C14H16N2OS. The first-order chi connectivity index (χ1) is 8.58. The molecule has 0 saturated heterocycles. The zero-order chi connectivity index (χ0) is 12.9. The summed E-state index contributed by atoms with van der Waals surface area (Å²) in [6.45, 7) is 4.23. The molecule has 1 fully saturated rings. The summed E-state index contributed by atoms with van der Waals surface area (Å²) < 4.78 is 3.24. The Kier molecular flexibility index (Phi) is 2.63. The molecule has 4 heteroatoms. The first kappa shape index (κ1) is 11.7. The number of thiazole rings is 1. The number of carbonyl (C=O) groups is 1. The van der Waals surface area contributed by atoms with Crippen molar-refractivity contribution in [2.75, 3.05) is 0 Å². The summed E-state index contributed by atoms with van der Waals surface area (Å²) >= 11 is 1.60. The van der Waals surface area contributed by atoms with Gasteiger partial charge in [-0.1, -0.05) is 17.4 Å². The van der Waals surface area contributed by atoms with Gasteiger partial charge in [-0.15, -0.1) is 0 Å². The third kappa shape index (κ3) is 1.81. The summed E-state index contributed by atoms with van der Waals surface area (Å²) in [7, 11) is 1.99. The van der Waals surface area contributed by atoms with Gasteiger partial charge in [-0.25, -0.2) is 0 Å². The van der Waals surface area contributed by atoms with Crippen LogP contribution in [0.1, 0.15) is 24.0 Å². The molecule has 0 spiro atoms. The average molecular weight is 260 g/mol. The molecule has 94 valence electrons. The van der Waals surface area contributed by atoms with E-state index in [-0.39, 0.29) is 11.8 Å². The molecule has 0 atom stereocenters. The number of rotatable bonds is 1. The lowest BCUT2D eigenvalue weighted by Gasteiger charge is -2.03. The van der Waals surface area contributed by atoms with E-state index in [0.29, 0.717) is 0 Å². The molecule has 1 aromatic carbocycles. The first-order valence-electron chi connectivity index (χ1n) is 6.22. The van der Waals surface area contributed by atoms with Gasteiger partial charge in [0, 0.05) is 13.0 Å². The number of carbonyl (C=O) groups excluding carboxylic acids is 1. The van der Waals surface area contributed by atoms with E-state index in [1.165, 1.54) is 21.3 Å². The maximum absolute atomic E-state index is 11.8. The van der Waals surface area contributed by atoms with Crippen LogP contribution in [0.4, 0.5) is 0 Å². The number of amides is 1. The van der Waals surface area contributed by atoms with Gasteiger partial charge >= 0.3 is 0 Å². The van der Waals surface area contributed by atoms with Gasteiger partial charge in [-0.05, 0) is 43.9 Å². The minimum atomic E-state index is 0.0477. The molecule has 0 unspecified atom stereocenters. The number of benzene rings is 1. The smallest absolute Gasteiger partial charge is 0.251 e. The molecule has 0 aliphatic heterocycles. The van der Waals surface area contributed by atoms with Crippen LogP contribution in [0, 0.1) is 19.8 Å². The number of fused-ring (bicyclic) bond motifs is 1. The van der Waals surface area contributed by atoms with Crippen molar-refractivity contribution in [2.45, 2.75) is 26.7 Å². The number of hydrogen-bond acceptors (Lipinski definition) is 2. The highest BCUT2D eigenvalue weighted by Crippen LogP contribution is 2.30. The van der Waals surface area contributed by atoms with Crippen LogP contribution in [0.2, 0.25) is 0 Å². The first-order valence-corrected chi connectivity index (χ1v) is 7.04. The molecule has 0 bridgehead atoms. The minimum Gasteiger partial charge on any atom is -0.319 e. The van der Waals surface area contributed by atoms with Crippen molar-refractivity contribution >= 4 is 27.5 Å². The SMILES string of the molecule is Cc1ccc2sc(=NC(=O)C3CC3)n(C)c2c1C. The Morgan fingerprint density at radius 3 is 2.78 bits per heavy atom. The third-order valence-electron chi connectivity index (χ3n) is 3.62. The number of hydrogen-bond donors (Lipinski definition) is 0. The Hall–Kier alpha value is -1.42. The van der Waals surface area contributed by atoms with Crippen LogP contribution in [0.3, 0.4) is 0 Å². The second-order valence-electron chi connectivity index (χ2n) is 5.02. The summed E-state index contributed by atoms with van der Waals surface area (Å²) in [5.74, 6) is 0.240. The van der Waals surface area contributed by atoms with Gasteiger partial charge in [0.25, 0.3) is 5.91 Å². The van der Waals surface area contributed by atoms with Gasteiger partial charge in [0.05, 0.1) is 10.2 Å². The monoisotopic (exact) mass is 260 g/mol. The molecule has 1 aliphatic carbocycles. The molecule has 1 aromatic heterocycles. The highest BCUT2D eigenvalue weighted by atomic mass is 32.1. The molecule has 1 aliphatic rings. The van der Waals surface area contributed by atoms with Crippen molar-refractivity contribution in [3.63, 3.8) is 0 Å². The lowest BCUT2D eigenvalue weighted by atomic mass is 10.1. The van der Waals surface area contributed by atoms with E-state index in [1.807, 2.05) is 11.6 Å². The maximum atomic E-state index is 11.8. The van der Waals surface area contributed by atoms with E-state index in [2.05, 4.69) is 31.0 Å². The highest BCUT2D eigenvalue weighted by Gasteiger charge is 2.29. The molecule has 1 saturated carbocycles. The summed E-state index contributed by atoms with van der Waals surface area (Å²) in [5, 5.41) is 0. The summed E-state index contributed by atoms with van der Waals surface area (Å²) in [5.41, 5.74) is 3.74. The van der Waals surface area contributed by atoms with Gasteiger partial charge in [-0.3, -0.25) is 4.79 Å². The fourth-order valence-corrected chi connectivity index (χ4v) is 3.23. The van der Waals surface area contributed by atoms with E-state index in [9.17, 15) is 4.79 Å². The quantitative estimate of drug-likeness (QED) is 0.776. The average Bonchev–Trinajstić information content (AvgIpc) is 3.12. The standard InChI is InChI=1S/C14H16N2OS/c1-8-4-7-11-12(9(8)2)16(3)14(18-11)15-13(17)10-5-6-10/h4,7,10H,5-6H2,1-3H3. The molecule has 18 heavy (non-hydrogen) atoms. The molecule has 3 rings (SSSR count). The lowest BCUT2D eigenvalue weighted by molar-refractivity contribution is -0.119. The van der Waals surface area contributed by atoms with Crippen molar-refractivity contribution in [1.82, 2.24) is 4.57 Å². The van der Waals surface area contributed by atoms with E-state index in [0.717, 1.165) is 17.6 Å². The second kappa shape index (κ2) is 4.05. The topological polar surface area (TPSA) is 34.4 Å². The maximum Gasteiger partial charge on any atom is 0.251 e. The van der Waals surface area contributed by atoms with Crippen LogP contribution in [0.25, 0.3) is 10.2 Å². The van der Waals surface area contributed by atoms with Gasteiger partial charge in [0.2, 0.25) is 0 Å². The van der Waals surface area contributed by atoms with Crippen LogP contribution in [0.5, 0.6) is 0 Å². The molecule has 0 radical (unpaired) electrons. The van der Waals surface area contributed by atoms with Crippen LogP contribution in [-0.4, -0.2) is 10.5 Å². The second-order valence-corrected chi connectivity index (χ2v) is 6.03. The normalized spacial score (nSPS) is 16.5. The van der Waals surface area contributed by atoms with Crippen molar-refractivity contribution in [1.29, 1.82) is 0 Å². The number of aromatic nitrogens is 1. The summed E-state index contributed by atoms with van der Waals surface area (Å²) in [4.78, 5) is 16.9. The third-order valence-corrected chi connectivity index (χ3v) is 4.72. The van der Waals surface area contributed by atoms with E-state index in [4.69, 9.17) is 0 Å². The van der Waals surface area contributed by atoms with E-state index < -0.39 is 0 Å². The molecular weight excluding hydrogens is 244 g/mol. The molecule has 2 aromatic rings. The Labute approximate surface area is 110 Å². The lowest BCUT2D eigenvalue weighted by Crippen LogP contribution is -2.14. The number of nitrogens with zero attached hydrogens (tertiary/aromatic N) is 2. The van der Waals surface area contributed by atoms with E-state index >= 15 is 0 Å². The van der Waals surface area contributed by atoms with Gasteiger partial charge in [0.15, 0.2) is 4.80 Å². The van der Waals surface area contributed by atoms with Crippen molar-refractivity contribution < 1.29 is 4.79 Å². The van der Waals surface area contributed by atoms with Gasteiger partial charge in [0.1, 0.15) is 0 Å². The largest absolute Gasteiger partial charge is 0.319 e. The van der Waals surface area contributed by atoms with Crippen molar-refractivity contribution in [2.24, 2.45) is 18.0 Å². The van der Waals surface area contributed by atoms with Crippen molar-refractivity contribution in [3.8, 4) is 0 Å². The minimum absolute atomic E-state index is 0.0477. The van der Waals surface area contributed by atoms with Crippen LogP contribution < -0.4 is 4.80 Å². The van der Waals surface area contributed by atoms with Gasteiger partial charge < -0.3 is 4.57 Å². The predicted octanol–water partition coefficient (Wildman–Crippen LogP) is 2.69. The Bertz CT molecular complexity index is 704. The Morgan fingerprint density at radius 1 is 1.39 bits per heavy atom. The summed E-state index contributed by atoms with van der Waals surface area (Å²) in [6, 6.07) is 4.24. The Morgan fingerprint density at radius 2 is 2.11 bits per heavy atom. The molecule has 1 heterocycles. The van der Waals surface area contributed by atoms with Crippen LogP contribution in [-0.2, 0) is 11.8 Å². The van der Waals surface area contributed by atoms with E-state index in [1.54, 1.807) is 11.3 Å². The molecule has 0 N–H and O–H groups in total. The van der Waals surface area contributed by atoms with Gasteiger partial charge in [-0.2, -0.15) is 4.99 Å². The fourth-order valence-electron chi connectivity index (χ4n) is 2.15. The Balaban J connectivity index is 2.22. The summed E-state index contributed by atoms with van der Waals surface area (Å²) in [6.07, 6.45) is 2.02. The molecule has 3 nitrogen and oxygen atoms in total. The number of aryl methyl sites for hydroxylation is 3. The zero-order valence-electron chi connectivity index (χ0n) is 10.9. The predicted molar refractivity (Wildman–Crippen MR) is 73.6 cm³/mol.